The number of amides is 2. The molecule has 2 heterocycles. The van der Waals surface area contributed by atoms with Gasteiger partial charge in [0.1, 0.15) is 18.3 Å². The van der Waals surface area contributed by atoms with Gasteiger partial charge < -0.3 is 4.74 Å². The molecule has 2 aromatic carbocycles. The van der Waals surface area contributed by atoms with E-state index in [2.05, 4.69) is 4.98 Å². The maximum Gasteiger partial charge on any atom is 0.326 e. The fraction of sp³-hybridized carbons (Fsp3) is 0.182. The highest BCUT2D eigenvalue weighted by atomic mass is 35.5. The van der Waals surface area contributed by atoms with Crippen LogP contribution in [0.5, 0.6) is 0 Å². The number of pyridine rings is 1. The van der Waals surface area contributed by atoms with Crippen LogP contribution in [0.1, 0.15) is 37.4 Å². The number of nitrogens with zero attached hydrogens (tertiary/aromatic N) is 2. The third-order valence-corrected chi connectivity index (χ3v) is 5.42. The number of carbonyl (C=O) groups is 3. The molecule has 0 spiro atoms. The lowest BCUT2D eigenvalue weighted by Crippen LogP contribution is -2.35. The van der Waals surface area contributed by atoms with Gasteiger partial charge in [0, 0.05) is 10.9 Å². The standard InChI is InChI=1S/C22H17ClN2O4/c1-12-7-8-14-9-15(20(23)24-19(14)13(12)2)11-29-18(26)10-25-21(27)16-5-3-4-6-17(16)22(25)28/h3-9H,10-11H2,1-2H3. The van der Waals surface area contributed by atoms with E-state index >= 15 is 0 Å². The number of carbonyl (C=O) groups excluding carboxylic acids is 3. The smallest absolute Gasteiger partial charge is 0.326 e. The lowest BCUT2D eigenvalue weighted by atomic mass is 10.0. The Morgan fingerprint density at radius 3 is 2.38 bits per heavy atom. The van der Waals surface area contributed by atoms with Crippen LogP contribution in [-0.2, 0) is 16.1 Å². The number of aryl methyl sites for hydroxylation is 2. The fourth-order valence-electron chi connectivity index (χ4n) is 3.32. The van der Waals surface area contributed by atoms with Crippen LogP contribution in [0, 0.1) is 13.8 Å². The minimum absolute atomic E-state index is 0.100. The molecule has 29 heavy (non-hydrogen) atoms. The van der Waals surface area contributed by atoms with Crippen molar-refractivity contribution in [3.8, 4) is 0 Å². The van der Waals surface area contributed by atoms with Gasteiger partial charge in [0.15, 0.2) is 0 Å². The van der Waals surface area contributed by atoms with Crippen molar-refractivity contribution in [3.05, 3.63) is 75.4 Å². The summed E-state index contributed by atoms with van der Waals surface area (Å²) in [4.78, 5) is 42.3. The molecule has 6 nitrogen and oxygen atoms in total. The number of halogens is 1. The van der Waals surface area contributed by atoms with Gasteiger partial charge in [0.2, 0.25) is 0 Å². The zero-order valence-corrected chi connectivity index (χ0v) is 16.6. The molecule has 2 amide bonds. The Bertz CT molecular complexity index is 1150. The van der Waals surface area contributed by atoms with Crippen LogP contribution in [0.4, 0.5) is 0 Å². The maximum atomic E-state index is 12.3. The van der Waals surface area contributed by atoms with Crippen molar-refractivity contribution in [2.24, 2.45) is 0 Å². The van der Waals surface area contributed by atoms with E-state index in [9.17, 15) is 14.4 Å². The number of aromatic nitrogens is 1. The Balaban J connectivity index is 1.47. The van der Waals surface area contributed by atoms with Crippen LogP contribution >= 0.6 is 11.6 Å². The molecule has 0 fully saturated rings. The molecule has 0 radical (unpaired) electrons. The summed E-state index contributed by atoms with van der Waals surface area (Å²) in [6.07, 6.45) is 0. The molecule has 3 aromatic rings. The van der Waals surface area contributed by atoms with Gasteiger partial charge in [-0.05, 0) is 43.2 Å². The van der Waals surface area contributed by atoms with Crippen molar-refractivity contribution in [2.75, 3.05) is 6.54 Å². The number of esters is 1. The van der Waals surface area contributed by atoms with E-state index in [4.69, 9.17) is 16.3 Å². The first-order valence-corrected chi connectivity index (χ1v) is 9.41. The third kappa shape index (κ3) is 3.36. The van der Waals surface area contributed by atoms with E-state index in [1.165, 1.54) is 0 Å². The molecule has 0 saturated carbocycles. The normalized spacial score (nSPS) is 13.1. The topological polar surface area (TPSA) is 76.6 Å². The maximum absolute atomic E-state index is 12.3. The molecule has 1 aliphatic rings. The molecule has 0 N–H and O–H groups in total. The second kappa shape index (κ2) is 7.29. The predicted octanol–water partition coefficient (Wildman–Crippen LogP) is 3.84. The van der Waals surface area contributed by atoms with E-state index in [1.807, 2.05) is 32.0 Å². The summed E-state index contributed by atoms with van der Waals surface area (Å²) in [6.45, 7) is 3.42. The lowest BCUT2D eigenvalue weighted by Gasteiger charge is -2.14. The molecule has 0 unspecified atom stereocenters. The Labute approximate surface area is 172 Å². The summed E-state index contributed by atoms with van der Waals surface area (Å²) >= 11 is 6.27. The summed E-state index contributed by atoms with van der Waals surface area (Å²) in [5.41, 5.74) is 4.09. The zero-order valence-electron chi connectivity index (χ0n) is 15.9. The van der Waals surface area contributed by atoms with Crippen LogP contribution in [0.25, 0.3) is 10.9 Å². The monoisotopic (exact) mass is 408 g/mol. The highest BCUT2D eigenvalue weighted by Crippen LogP contribution is 2.26. The SMILES string of the molecule is Cc1ccc2cc(COC(=O)CN3C(=O)c4ccccc4C3=O)c(Cl)nc2c1C. The molecule has 0 bridgehead atoms. The summed E-state index contributed by atoms with van der Waals surface area (Å²) in [7, 11) is 0. The highest BCUT2D eigenvalue weighted by Gasteiger charge is 2.36. The van der Waals surface area contributed by atoms with E-state index in [0.29, 0.717) is 5.56 Å². The van der Waals surface area contributed by atoms with Crippen LogP contribution in [0.15, 0.2) is 42.5 Å². The van der Waals surface area contributed by atoms with Gasteiger partial charge in [0.25, 0.3) is 11.8 Å². The molecule has 0 aliphatic carbocycles. The second-order valence-electron chi connectivity index (χ2n) is 6.92. The number of imide groups is 1. The van der Waals surface area contributed by atoms with Crippen LogP contribution in [-0.4, -0.2) is 34.2 Å². The summed E-state index contributed by atoms with van der Waals surface area (Å²) < 4.78 is 5.26. The third-order valence-electron chi connectivity index (χ3n) is 5.09. The average molecular weight is 409 g/mol. The zero-order chi connectivity index (χ0) is 20.7. The van der Waals surface area contributed by atoms with E-state index in [0.717, 1.165) is 26.9 Å². The number of rotatable bonds is 4. The number of benzene rings is 2. The Morgan fingerprint density at radius 2 is 1.72 bits per heavy atom. The average Bonchev–Trinajstić information content (AvgIpc) is 2.95. The number of fused-ring (bicyclic) bond motifs is 2. The molecule has 4 rings (SSSR count). The summed E-state index contributed by atoms with van der Waals surface area (Å²) in [6, 6.07) is 12.2. The van der Waals surface area contributed by atoms with Crippen LogP contribution in [0.3, 0.4) is 0 Å². The first-order chi connectivity index (χ1) is 13.9. The van der Waals surface area contributed by atoms with Crippen molar-refractivity contribution >= 4 is 40.3 Å². The second-order valence-corrected chi connectivity index (χ2v) is 7.28. The fourth-order valence-corrected chi connectivity index (χ4v) is 3.51. The molecular formula is C22H17ClN2O4. The minimum Gasteiger partial charge on any atom is -0.459 e. The van der Waals surface area contributed by atoms with E-state index in [1.54, 1.807) is 24.3 Å². The summed E-state index contributed by atoms with van der Waals surface area (Å²) in [5.74, 6) is -1.70. The van der Waals surface area contributed by atoms with E-state index in [-0.39, 0.29) is 22.9 Å². The number of hydrogen-bond acceptors (Lipinski definition) is 5. The highest BCUT2D eigenvalue weighted by molar-refractivity contribution is 6.30. The Hall–Kier alpha value is -3.25. The van der Waals surface area contributed by atoms with Crippen molar-refractivity contribution in [1.82, 2.24) is 9.88 Å². The predicted molar refractivity (Wildman–Crippen MR) is 108 cm³/mol. The largest absolute Gasteiger partial charge is 0.459 e. The molecule has 146 valence electrons. The Kier molecular flexibility index (Phi) is 4.80. The summed E-state index contributed by atoms with van der Waals surface area (Å²) in [5, 5.41) is 1.14. The van der Waals surface area contributed by atoms with Crippen molar-refractivity contribution < 1.29 is 19.1 Å². The molecule has 0 atom stereocenters. The first-order valence-electron chi connectivity index (χ1n) is 9.03. The molecular weight excluding hydrogens is 392 g/mol. The molecule has 1 aromatic heterocycles. The number of ether oxygens (including phenoxy) is 1. The van der Waals surface area contributed by atoms with Gasteiger partial charge in [-0.3, -0.25) is 19.3 Å². The molecule has 7 heteroatoms. The Morgan fingerprint density at radius 1 is 1.07 bits per heavy atom. The van der Waals surface area contributed by atoms with E-state index < -0.39 is 24.3 Å². The first kappa shape index (κ1) is 19.1. The quantitative estimate of drug-likeness (QED) is 0.372. The van der Waals surface area contributed by atoms with Crippen molar-refractivity contribution in [3.63, 3.8) is 0 Å². The van der Waals surface area contributed by atoms with Crippen molar-refractivity contribution in [2.45, 2.75) is 20.5 Å². The minimum atomic E-state index is -0.698. The molecule has 1 aliphatic heterocycles. The van der Waals surface area contributed by atoms with Gasteiger partial charge >= 0.3 is 5.97 Å². The molecule has 0 saturated heterocycles. The lowest BCUT2D eigenvalue weighted by molar-refractivity contribution is -0.145. The van der Waals surface area contributed by atoms with Gasteiger partial charge in [-0.15, -0.1) is 0 Å². The van der Waals surface area contributed by atoms with Gasteiger partial charge in [-0.1, -0.05) is 35.9 Å². The number of hydrogen-bond donors (Lipinski definition) is 0. The van der Waals surface area contributed by atoms with Crippen LogP contribution < -0.4 is 0 Å². The van der Waals surface area contributed by atoms with Gasteiger partial charge in [-0.25, -0.2) is 4.98 Å². The van der Waals surface area contributed by atoms with Crippen LogP contribution in [0.2, 0.25) is 5.15 Å². The van der Waals surface area contributed by atoms with Gasteiger partial charge in [0.05, 0.1) is 16.6 Å². The van der Waals surface area contributed by atoms with Crippen molar-refractivity contribution in [1.29, 1.82) is 0 Å². The van der Waals surface area contributed by atoms with Gasteiger partial charge in [-0.2, -0.15) is 0 Å².